The van der Waals surface area contributed by atoms with Gasteiger partial charge in [-0.05, 0) is 53.9 Å². The van der Waals surface area contributed by atoms with Gasteiger partial charge in [-0.3, -0.25) is 4.98 Å². The lowest BCUT2D eigenvalue weighted by Gasteiger charge is -2.18. The number of carbonyl (C=O) groups is 1. The number of pyridine rings is 1. The number of para-hydroxylation sites is 1. The number of benzene rings is 2. The third-order valence-corrected chi connectivity index (χ3v) is 6.16. The average Bonchev–Trinajstić information content (AvgIpc) is 3.08. The molecule has 0 saturated heterocycles. The van der Waals surface area contributed by atoms with E-state index in [1.165, 1.54) is 10.9 Å². The van der Waals surface area contributed by atoms with Crippen molar-refractivity contribution in [3.05, 3.63) is 94.4 Å². The summed E-state index contributed by atoms with van der Waals surface area (Å²) < 4.78 is 3.14. The molecule has 2 N–H and O–H groups in total. The number of aromatic nitrogens is 2. The van der Waals surface area contributed by atoms with Crippen LogP contribution in [-0.2, 0) is 7.05 Å². The molecule has 4 aromatic rings. The van der Waals surface area contributed by atoms with Crippen LogP contribution in [0.3, 0.4) is 0 Å². The number of nitrogens with one attached hydrogen (secondary N) is 2. The largest absolute Gasteiger partial charge is 0.350 e. The van der Waals surface area contributed by atoms with E-state index in [0.717, 1.165) is 26.8 Å². The molecular formula is C24H23BrN4O. The molecule has 0 aliphatic heterocycles. The fraction of sp³-hybridized carbons (Fsp3) is 0.167. The van der Waals surface area contributed by atoms with Crippen LogP contribution in [0.4, 0.5) is 10.5 Å². The standard InChI is InChI=1S/C24H23BrN4O/c1-16-12-18(9-10-22(16)25)28-24(30)27-14-20(17-6-5-11-26-13-17)21-15-29(2)23-8-4-3-7-19(21)23/h3-13,15,20H,14H2,1-2H3,(H2,27,28,30)/t20-/m1/s1. The van der Waals surface area contributed by atoms with Crippen LogP contribution >= 0.6 is 15.9 Å². The Kier molecular flexibility index (Phi) is 5.86. The minimum absolute atomic E-state index is 0.0118. The Morgan fingerprint density at radius 3 is 2.77 bits per heavy atom. The van der Waals surface area contributed by atoms with Gasteiger partial charge in [-0.25, -0.2) is 4.79 Å². The Labute approximate surface area is 184 Å². The van der Waals surface area contributed by atoms with E-state index < -0.39 is 0 Å². The highest BCUT2D eigenvalue weighted by atomic mass is 79.9. The molecule has 0 spiro atoms. The summed E-state index contributed by atoms with van der Waals surface area (Å²) in [7, 11) is 2.04. The van der Waals surface area contributed by atoms with Gasteiger partial charge in [0.25, 0.3) is 0 Å². The molecule has 0 aliphatic rings. The summed E-state index contributed by atoms with van der Waals surface area (Å²) in [4.78, 5) is 16.9. The van der Waals surface area contributed by atoms with Gasteiger partial charge in [0.1, 0.15) is 0 Å². The number of nitrogens with zero attached hydrogens (tertiary/aromatic N) is 2. The summed E-state index contributed by atoms with van der Waals surface area (Å²) in [6, 6.07) is 17.8. The number of fused-ring (bicyclic) bond motifs is 1. The molecule has 0 fully saturated rings. The highest BCUT2D eigenvalue weighted by molar-refractivity contribution is 9.10. The van der Waals surface area contributed by atoms with Crippen molar-refractivity contribution < 1.29 is 4.79 Å². The number of halogens is 1. The van der Waals surface area contributed by atoms with E-state index in [1.807, 2.05) is 56.6 Å². The van der Waals surface area contributed by atoms with Gasteiger partial charge in [-0.2, -0.15) is 0 Å². The molecular weight excluding hydrogens is 440 g/mol. The molecule has 2 aromatic heterocycles. The van der Waals surface area contributed by atoms with Crippen LogP contribution in [0.5, 0.6) is 0 Å². The van der Waals surface area contributed by atoms with Crippen molar-refractivity contribution >= 4 is 38.6 Å². The summed E-state index contributed by atoms with van der Waals surface area (Å²) in [5.41, 5.74) is 5.22. The van der Waals surface area contributed by atoms with E-state index in [-0.39, 0.29) is 11.9 Å². The number of amides is 2. The van der Waals surface area contributed by atoms with E-state index in [0.29, 0.717) is 6.54 Å². The van der Waals surface area contributed by atoms with Gasteiger partial charge in [0.2, 0.25) is 0 Å². The SMILES string of the molecule is Cc1cc(NC(=O)NC[C@H](c2cccnc2)c2cn(C)c3ccccc23)ccc1Br. The maximum absolute atomic E-state index is 12.6. The first kappa shape index (κ1) is 20.2. The molecule has 2 heterocycles. The second kappa shape index (κ2) is 8.71. The van der Waals surface area contributed by atoms with Crippen LogP contribution in [0.2, 0.25) is 0 Å². The third kappa shape index (κ3) is 4.24. The average molecular weight is 463 g/mol. The van der Waals surface area contributed by atoms with Crippen LogP contribution in [0.1, 0.15) is 22.6 Å². The van der Waals surface area contributed by atoms with Crippen molar-refractivity contribution in [3.63, 3.8) is 0 Å². The van der Waals surface area contributed by atoms with Gasteiger partial charge in [0.15, 0.2) is 0 Å². The Balaban J connectivity index is 1.58. The zero-order chi connectivity index (χ0) is 21.1. The molecule has 1 atom stereocenters. The summed E-state index contributed by atoms with van der Waals surface area (Å²) in [5.74, 6) is -0.0118. The topological polar surface area (TPSA) is 59.0 Å². The van der Waals surface area contributed by atoms with E-state index in [2.05, 4.69) is 60.5 Å². The van der Waals surface area contributed by atoms with Crippen LogP contribution in [0, 0.1) is 6.92 Å². The van der Waals surface area contributed by atoms with Crippen molar-refractivity contribution in [1.82, 2.24) is 14.9 Å². The number of aryl methyl sites for hydroxylation is 2. The van der Waals surface area contributed by atoms with Gasteiger partial charge in [-0.15, -0.1) is 0 Å². The van der Waals surface area contributed by atoms with Gasteiger partial charge >= 0.3 is 6.03 Å². The monoisotopic (exact) mass is 462 g/mol. The van der Waals surface area contributed by atoms with Gasteiger partial charge in [-0.1, -0.05) is 40.2 Å². The Morgan fingerprint density at radius 2 is 2.00 bits per heavy atom. The predicted molar refractivity (Wildman–Crippen MR) is 125 cm³/mol. The maximum Gasteiger partial charge on any atom is 0.319 e. The summed E-state index contributed by atoms with van der Waals surface area (Å²) >= 11 is 3.48. The molecule has 4 rings (SSSR count). The van der Waals surface area contributed by atoms with Crippen LogP contribution in [0.15, 0.2) is 77.7 Å². The number of carbonyl (C=O) groups excluding carboxylic acids is 1. The lowest BCUT2D eigenvalue weighted by molar-refractivity contribution is 0.252. The smallest absolute Gasteiger partial charge is 0.319 e. The summed E-state index contributed by atoms with van der Waals surface area (Å²) in [6.45, 7) is 2.45. The van der Waals surface area contributed by atoms with E-state index in [9.17, 15) is 4.79 Å². The van der Waals surface area contributed by atoms with Crippen LogP contribution in [0.25, 0.3) is 10.9 Å². The van der Waals surface area contributed by atoms with E-state index >= 15 is 0 Å². The number of hydrogen-bond acceptors (Lipinski definition) is 2. The molecule has 0 bridgehead atoms. The first-order chi connectivity index (χ1) is 14.5. The van der Waals surface area contributed by atoms with Gasteiger partial charge in [0, 0.05) is 59.2 Å². The lowest BCUT2D eigenvalue weighted by atomic mass is 9.92. The second-order valence-corrected chi connectivity index (χ2v) is 8.20. The first-order valence-electron chi connectivity index (χ1n) is 9.78. The lowest BCUT2D eigenvalue weighted by Crippen LogP contribution is -2.32. The molecule has 2 amide bonds. The minimum atomic E-state index is -0.231. The third-order valence-electron chi connectivity index (χ3n) is 5.27. The highest BCUT2D eigenvalue weighted by Crippen LogP contribution is 2.31. The second-order valence-electron chi connectivity index (χ2n) is 7.35. The van der Waals surface area contributed by atoms with E-state index in [4.69, 9.17) is 0 Å². The Bertz CT molecular complexity index is 1190. The molecule has 0 radical (unpaired) electrons. The fourth-order valence-electron chi connectivity index (χ4n) is 3.73. The molecule has 0 unspecified atom stereocenters. The zero-order valence-corrected chi connectivity index (χ0v) is 18.5. The molecule has 0 aliphatic carbocycles. The number of hydrogen-bond donors (Lipinski definition) is 2. The maximum atomic E-state index is 12.6. The van der Waals surface area contributed by atoms with Crippen molar-refractivity contribution in [1.29, 1.82) is 0 Å². The van der Waals surface area contributed by atoms with Crippen molar-refractivity contribution in [2.24, 2.45) is 7.05 Å². The molecule has 2 aromatic carbocycles. The molecule has 30 heavy (non-hydrogen) atoms. The normalized spacial score (nSPS) is 12.0. The molecule has 152 valence electrons. The van der Waals surface area contributed by atoms with Crippen molar-refractivity contribution in [2.45, 2.75) is 12.8 Å². The summed E-state index contributed by atoms with van der Waals surface area (Å²) in [6.07, 6.45) is 5.77. The van der Waals surface area contributed by atoms with Crippen molar-refractivity contribution in [2.75, 3.05) is 11.9 Å². The van der Waals surface area contributed by atoms with Crippen LogP contribution in [-0.4, -0.2) is 22.1 Å². The number of anilines is 1. The minimum Gasteiger partial charge on any atom is -0.350 e. The van der Waals surface area contributed by atoms with Gasteiger partial charge in [0.05, 0.1) is 0 Å². The van der Waals surface area contributed by atoms with Gasteiger partial charge < -0.3 is 15.2 Å². The zero-order valence-electron chi connectivity index (χ0n) is 16.9. The van der Waals surface area contributed by atoms with Crippen LogP contribution < -0.4 is 10.6 Å². The van der Waals surface area contributed by atoms with E-state index in [1.54, 1.807) is 6.20 Å². The molecule has 0 saturated carbocycles. The highest BCUT2D eigenvalue weighted by Gasteiger charge is 2.20. The molecule has 6 heteroatoms. The predicted octanol–water partition coefficient (Wildman–Crippen LogP) is 5.60. The number of rotatable bonds is 5. The quantitative estimate of drug-likeness (QED) is 0.405. The number of urea groups is 1. The fourth-order valence-corrected chi connectivity index (χ4v) is 3.98. The summed E-state index contributed by atoms with van der Waals surface area (Å²) in [5, 5.41) is 7.14. The first-order valence-corrected chi connectivity index (χ1v) is 10.6. The Morgan fingerprint density at radius 1 is 1.17 bits per heavy atom. The van der Waals surface area contributed by atoms with Crippen molar-refractivity contribution in [3.8, 4) is 0 Å². The molecule has 5 nitrogen and oxygen atoms in total. The Hall–Kier alpha value is -3.12.